The Labute approximate surface area is 335 Å². The van der Waals surface area contributed by atoms with E-state index in [1.165, 1.54) is 81.5 Å². The molecule has 0 aliphatic carbocycles. The van der Waals surface area contributed by atoms with E-state index in [1.54, 1.807) is 0 Å². The number of nitrogens with zero attached hydrogens (tertiary/aromatic N) is 2. The van der Waals surface area contributed by atoms with Gasteiger partial charge in [0.05, 0.1) is 16.9 Å². The molecule has 12 aromatic rings. The first-order valence-electron chi connectivity index (χ1n) is 19.9. The Hall–Kier alpha value is -7.68. The summed E-state index contributed by atoms with van der Waals surface area (Å²) >= 11 is 0. The fraction of sp³-hybridized carbons (Fsp3) is 0. The molecule has 2 heteroatoms. The van der Waals surface area contributed by atoms with E-state index in [1.807, 2.05) is 6.20 Å². The molecule has 12 rings (SSSR count). The maximum absolute atomic E-state index is 5.24. The van der Waals surface area contributed by atoms with Crippen molar-refractivity contribution in [3.63, 3.8) is 0 Å². The molecule has 268 valence electrons. The number of hydrogen-bond donors (Lipinski definition) is 0. The monoisotopic (exact) mass is 734 g/mol. The van der Waals surface area contributed by atoms with E-state index in [-0.39, 0.29) is 0 Å². The number of rotatable bonds is 4. The average Bonchev–Trinajstić information content (AvgIpc) is 3.30. The van der Waals surface area contributed by atoms with Crippen LogP contribution in [0.3, 0.4) is 0 Å². The molecule has 0 atom stereocenters. The van der Waals surface area contributed by atoms with E-state index in [2.05, 4.69) is 200 Å². The van der Waals surface area contributed by atoms with Gasteiger partial charge in [-0.15, -0.1) is 0 Å². The zero-order valence-corrected chi connectivity index (χ0v) is 31.5. The highest BCUT2D eigenvalue weighted by Crippen LogP contribution is 2.47. The lowest BCUT2D eigenvalue weighted by Gasteiger charge is -2.20. The highest BCUT2D eigenvalue weighted by molar-refractivity contribution is 6.26. The van der Waals surface area contributed by atoms with Gasteiger partial charge >= 0.3 is 0 Å². The number of hydrogen-bond acceptors (Lipinski definition) is 2. The highest BCUT2D eigenvalue weighted by atomic mass is 14.7. The van der Waals surface area contributed by atoms with Crippen LogP contribution in [0.15, 0.2) is 206 Å². The number of benzene rings is 10. The van der Waals surface area contributed by atoms with Gasteiger partial charge in [0.15, 0.2) is 0 Å². The Morgan fingerprint density at radius 2 is 0.810 bits per heavy atom. The van der Waals surface area contributed by atoms with Crippen LogP contribution in [0.5, 0.6) is 0 Å². The first kappa shape index (κ1) is 32.6. The van der Waals surface area contributed by atoms with E-state index in [9.17, 15) is 0 Å². The lowest BCUT2D eigenvalue weighted by Crippen LogP contribution is -1.94. The second kappa shape index (κ2) is 12.9. The molecule has 0 radical (unpaired) electrons. The molecule has 0 bridgehead atoms. The topological polar surface area (TPSA) is 25.8 Å². The number of fused-ring (bicyclic) bond motifs is 9. The molecule has 0 aliphatic heterocycles. The third kappa shape index (κ3) is 4.99. The van der Waals surface area contributed by atoms with Crippen LogP contribution < -0.4 is 0 Å². The van der Waals surface area contributed by atoms with Gasteiger partial charge in [0.25, 0.3) is 0 Å². The van der Waals surface area contributed by atoms with Gasteiger partial charge in [0, 0.05) is 33.5 Å². The molecular weight excluding hydrogens is 701 g/mol. The zero-order valence-electron chi connectivity index (χ0n) is 31.5. The molecule has 0 saturated carbocycles. The predicted octanol–water partition coefficient (Wildman–Crippen LogP) is 15.2. The summed E-state index contributed by atoms with van der Waals surface area (Å²) in [5, 5.41) is 15.8. The van der Waals surface area contributed by atoms with Crippen LogP contribution in [-0.2, 0) is 0 Å². The van der Waals surface area contributed by atoms with Crippen molar-refractivity contribution < 1.29 is 0 Å². The van der Waals surface area contributed by atoms with E-state index in [0.717, 1.165) is 38.8 Å². The van der Waals surface area contributed by atoms with E-state index in [4.69, 9.17) is 9.97 Å². The maximum Gasteiger partial charge on any atom is 0.0803 e. The average molecular weight is 735 g/mol. The second-order valence-electron chi connectivity index (χ2n) is 15.2. The van der Waals surface area contributed by atoms with Gasteiger partial charge in [-0.05, 0) is 100 Å². The van der Waals surface area contributed by atoms with Gasteiger partial charge in [-0.1, -0.05) is 176 Å². The molecule has 0 unspecified atom stereocenters. The fourth-order valence-corrected chi connectivity index (χ4v) is 9.45. The molecule has 0 spiro atoms. The van der Waals surface area contributed by atoms with Crippen LogP contribution in [0.2, 0.25) is 0 Å². The molecule has 0 N–H and O–H groups in total. The lowest BCUT2D eigenvalue weighted by molar-refractivity contribution is 1.31. The van der Waals surface area contributed by atoms with Gasteiger partial charge in [-0.2, -0.15) is 0 Å². The van der Waals surface area contributed by atoms with Gasteiger partial charge < -0.3 is 0 Å². The number of pyridine rings is 2. The Kier molecular flexibility index (Phi) is 7.26. The molecule has 0 amide bonds. The van der Waals surface area contributed by atoms with Crippen LogP contribution in [0.1, 0.15) is 0 Å². The number of para-hydroxylation sites is 1. The first-order valence-corrected chi connectivity index (χ1v) is 19.9. The smallest absolute Gasteiger partial charge is 0.0803 e. The number of aromatic nitrogens is 2. The molecule has 0 aliphatic rings. The van der Waals surface area contributed by atoms with Gasteiger partial charge in [0.2, 0.25) is 0 Å². The molecule has 58 heavy (non-hydrogen) atoms. The van der Waals surface area contributed by atoms with Gasteiger partial charge in [0.1, 0.15) is 0 Å². The molecular formula is C56H34N2. The summed E-state index contributed by atoms with van der Waals surface area (Å²) in [6.07, 6.45) is 2.00. The molecule has 10 aromatic carbocycles. The second-order valence-corrected chi connectivity index (χ2v) is 15.2. The minimum Gasteiger partial charge on any atom is -0.256 e. The molecule has 2 heterocycles. The van der Waals surface area contributed by atoms with E-state index < -0.39 is 0 Å². The maximum atomic E-state index is 5.24. The Morgan fingerprint density at radius 1 is 0.310 bits per heavy atom. The van der Waals surface area contributed by atoms with Crippen molar-refractivity contribution in [3.8, 4) is 44.8 Å². The van der Waals surface area contributed by atoms with Crippen LogP contribution in [0.4, 0.5) is 0 Å². The lowest BCUT2D eigenvalue weighted by atomic mass is 9.83. The van der Waals surface area contributed by atoms with E-state index in [0.29, 0.717) is 0 Å². The largest absolute Gasteiger partial charge is 0.256 e. The summed E-state index contributed by atoms with van der Waals surface area (Å²) in [6, 6.07) is 72.5. The molecule has 0 saturated heterocycles. The summed E-state index contributed by atoms with van der Waals surface area (Å²) in [6.45, 7) is 0. The van der Waals surface area contributed by atoms with Crippen molar-refractivity contribution in [2.45, 2.75) is 0 Å². The van der Waals surface area contributed by atoms with Crippen molar-refractivity contribution in [3.05, 3.63) is 206 Å². The fourth-order valence-electron chi connectivity index (χ4n) is 9.45. The third-order valence-electron chi connectivity index (χ3n) is 12.1. The van der Waals surface area contributed by atoms with Crippen molar-refractivity contribution in [1.29, 1.82) is 0 Å². The quantitative estimate of drug-likeness (QED) is 0.133. The van der Waals surface area contributed by atoms with Crippen molar-refractivity contribution in [2.75, 3.05) is 0 Å². The standard InChI is InChI=1S/C56H34N2/c1-4-18-40-35(13-1)16-11-24-43(40)54-45-21-7-8-22-46(45)55(44-25-12-17-36-14-2-5-19-41(36)44)50-33-38(28-30-47(50)54)51-32-29-39(34-57-51)56-49-31-27-37-15-3-6-20-42(37)53(49)48-23-9-10-26-52(48)58-56/h1-34H. The zero-order chi connectivity index (χ0) is 38.2. The summed E-state index contributed by atoms with van der Waals surface area (Å²) in [7, 11) is 0. The predicted molar refractivity (Wildman–Crippen MR) is 246 cm³/mol. The van der Waals surface area contributed by atoms with Gasteiger partial charge in [-0.3, -0.25) is 4.98 Å². The summed E-state index contributed by atoms with van der Waals surface area (Å²) < 4.78 is 0. The van der Waals surface area contributed by atoms with Gasteiger partial charge in [-0.25, -0.2) is 4.98 Å². The minimum absolute atomic E-state index is 0.921. The first-order chi connectivity index (χ1) is 28.8. The molecule has 2 nitrogen and oxygen atoms in total. The third-order valence-corrected chi connectivity index (χ3v) is 12.1. The molecule has 2 aromatic heterocycles. The van der Waals surface area contributed by atoms with Crippen LogP contribution in [0, 0.1) is 0 Å². The van der Waals surface area contributed by atoms with Crippen molar-refractivity contribution in [1.82, 2.24) is 9.97 Å². The summed E-state index contributed by atoms with van der Waals surface area (Å²) in [5.74, 6) is 0. The summed E-state index contributed by atoms with van der Waals surface area (Å²) in [4.78, 5) is 10.4. The van der Waals surface area contributed by atoms with Crippen LogP contribution in [0.25, 0.3) is 120 Å². The molecule has 0 fully saturated rings. The Bertz CT molecular complexity index is 3590. The van der Waals surface area contributed by atoms with Crippen molar-refractivity contribution in [2.24, 2.45) is 0 Å². The normalized spacial score (nSPS) is 11.8. The summed E-state index contributed by atoms with van der Waals surface area (Å²) in [5.41, 5.74) is 9.87. The van der Waals surface area contributed by atoms with Crippen molar-refractivity contribution >= 4 is 75.5 Å². The Morgan fingerprint density at radius 3 is 1.47 bits per heavy atom. The SMILES string of the molecule is c1ccc2c(-c3c4ccccc4c(-c4cccc5ccccc45)c4cc(-c5ccc(-c6nc7ccccc7c7c6ccc6ccccc67)cn5)ccc34)cccc2c1. The van der Waals surface area contributed by atoms with Crippen LogP contribution in [-0.4, -0.2) is 9.97 Å². The minimum atomic E-state index is 0.921. The highest BCUT2D eigenvalue weighted by Gasteiger charge is 2.20. The Balaban J connectivity index is 1.10. The van der Waals surface area contributed by atoms with Crippen LogP contribution >= 0.6 is 0 Å². The van der Waals surface area contributed by atoms with E-state index >= 15 is 0 Å².